The highest BCUT2D eigenvalue weighted by atomic mass is 16.4. The maximum Gasteiger partial charge on any atom is 0.417 e. The number of oxazole rings is 1. The van der Waals surface area contributed by atoms with Crippen molar-refractivity contribution in [3.8, 4) is 0 Å². The van der Waals surface area contributed by atoms with E-state index in [1.165, 1.54) is 18.2 Å². The summed E-state index contributed by atoms with van der Waals surface area (Å²) in [4.78, 5) is 23.7. The van der Waals surface area contributed by atoms with E-state index in [0.29, 0.717) is 11.1 Å². The molecule has 0 fully saturated rings. The first-order valence-electron chi connectivity index (χ1n) is 4.11. The van der Waals surface area contributed by atoms with Gasteiger partial charge in [-0.05, 0) is 17.7 Å². The van der Waals surface area contributed by atoms with Crippen LogP contribution in [0.4, 0.5) is 0 Å². The zero-order valence-corrected chi connectivity index (χ0v) is 7.43. The molecule has 2 aromatic rings. The molecule has 0 aliphatic carbocycles. The molecule has 1 aromatic heterocycles. The number of aromatic nitrogens is 1. The van der Waals surface area contributed by atoms with Gasteiger partial charge < -0.3 is 14.6 Å². The first kappa shape index (κ1) is 9.47. The van der Waals surface area contributed by atoms with Crippen molar-refractivity contribution in [2.24, 2.45) is 0 Å². The number of aliphatic carboxylic acids is 1. The van der Waals surface area contributed by atoms with Gasteiger partial charge in [-0.3, -0.25) is 4.98 Å². The van der Waals surface area contributed by atoms with Crippen molar-refractivity contribution in [1.82, 2.24) is 4.98 Å². The third-order valence-corrected chi connectivity index (χ3v) is 1.99. The highest BCUT2D eigenvalue weighted by molar-refractivity contribution is 5.78. The van der Waals surface area contributed by atoms with Crippen molar-refractivity contribution >= 4 is 17.1 Å². The average Bonchev–Trinajstić information content (AvgIpc) is 2.55. The van der Waals surface area contributed by atoms with Crippen molar-refractivity contribution in [3.05, 3.63) is 34.3 Å². The summed E-state index contributed by atoms with van der Waals surface area (Å²) in [6.45, 7) is 0. The molecule has 0 amide bonds. The van der Waals surface area contributed by atoms with E-state index in [2.05, 4.69) is 4.98 Å². The lowest BCUT2D eigenvalue weighted by Gasteiger charge is -2.04. The van der Waals surface area contributed by atoms with Gasteiger partial charge >= 0.3 is 11.7 Å². The second-order valence-corrected chi connectivity index (χ2v) is 3.01. The number of hydrogen-bond acceptors (Lipinski definition) is 4. The van der Waals surface area contributed by atoms with E-state index >= 15 is 0 Å². The van der Waals surface area contributed by atoms with Crippen molar-refractivity contribution in [2.45, 2.75) is 6.10 Å². The summed E-state index contributed by atoms with van der Waals surface area (Å²) in [6, 6.07) is 4.17. The van der Waals surface area contributed by atoms with E-state index in [1.807, 2.05) is 0 Å². The predicted molar refractivity (Wildman–Crippen MR) is 49.4 cm³/mol. The zero-order chi connectivity index (χ0) is 11.0. The van der Waals surface area contributed by atoms with E-state index in [0.717, 1.165) is 0 Å². The largest absolute Gasteiger partial charge is 0.479 e. The highest BCUT2D eigenvalue weighted by Gasteiger charge is 2.16. The van der Waals surface area contributed by atoms with Crippen LogP contribution < -0.4 is 5.76 Å². The lowest BCUT2D eigenvalue weighted by Crippen LogP contribution is -2.10. The topological polar surface area (TPSA) is 104 Å². The second kappa shape index (κ2) is 3.25. The lowest BCUT2D eigenvalue weighted by atomic mass is 10.1. The van der Waals surface area contributed by atoms with Crippen molar-refractivity contribution in [1.29, 1.82) is 0 Å². The first-order valence-corrected chi connectivity index (χ1v) is 4.11. The number of benzene rings is 1. The summed E-state index contributed by atoms with van der Waals surface area (Å²) in [6.07, 6.45) is -1.60. The molecule has 6 nitrogen and oxygen atoms in total. The van der Waals surface area contributed by atoms with Gasteiger partial charge in [0.2, 0.25) is 0 Å². The molecule has 15 heavy (non-hydrogen) atoms. The van der Waals surface area contributed by atoms with Gasteiger partial charge in [-0.25, -0.2) is 9.59 Å². The van der Waals surface area contributed by atoms with Crippen molar-refractivity contribution in [3.63, 3.8) is 0 Å². The molecule has 1 atom stereocenters. The van der Waals surface area contributed by atoms with Crippen molar-refractivity contribution < 1.29 is 19.4 Å². The fourth-order valence-electron chi connectivity index (χ4n) is 1.28. The summed E-state index contributed by atoms with van der Waals surface area (Å²) < 4.78 is 4.72. The normalized spacial score (nSPS) is 12.9. The summed E-state index contributed by atoms with van der Waals surface area (Å²) >= 11 is 0. The van der Waals surface area contributed by atoms with E-state index in [9.17, 15) is 14.7 Å². The van der Waals surface area contributed by atoms with Gasteiger partial charge in [0, 0.05) is 0 Å². The van der Waals surface area contributed by atoms with E-state index in [1.54, 1.807) is 0 Å². The molecule has 1 heterocycles. The Hall–Kier alpha value is -2.08. The monoisotopic (exact) mass is 209 g/mol. The molecule has 6 heteroatoms. The fraction of sp³-hybridized carbons (Fsp3) is 0.111. The van der Waals surface area contributed by atoms with E-state index < -0.39 is 17.8 Å². The Balaban J connectivity index is 2.55. The van der Waals surface area contributed by atoms with E-state index in [-0.39, 0.29) is 5.56 Å². The molecule has 2 rings (SSSR count). The van der Waals surface area contributed by atoms with Gasteiger partial charge in [-0.15, -0.1) is 0 Å². The first-order chi connectivity index (χ1) is 7.08. The molecular weight excluding hydrogens is 202 g/mol. The molecule has 0 aliphatic rings. The number of H-pyrrole nitrogens is 1. The number of aliphatic hydroxyl groups is 1. The smallest absolute Gasteiger partial charge is 0.417 e. The molecule has 0 saturated carbocycles. The molecule has 0 bridgehead atoms. The highest BCUT2D eigenvalue weighted by Crippen LogP contribution is 2.18. The maximum absolute atomic E-state index is 10.8. The van der Waals surface area contributed by atoms with Crippen LogP contribution in [-0.4, -0.2) is 21.2 Å². The SMILES string of the molecule is O=C(O)C(O)c1ccc2oc(=O)[nH]c2c1. The molecule has 0 saturated heterocycles. The van der Waals surface area contributed by atoms with Crippen LogP contribution in [0.3, 0.4) is 0 Å². The minimum absolute atomic E-state index is 0.187. The maximum atomic E-state index is 10.8. The minimum atomic E-state index is -1.60. The van der Waals surface area contributed by atoms with Crippen molar-refractivity contribution in [2.75, 3.05) is 0 Å². The Labute approximate surface area is 82.8 Å². The number of nitrogens with one attached hydrogen (secondary N) is 1. The van der Waals surface area contributed by atoms with Crippen LogP contribution >= 0.6 is 0 Å². The summed E-state index contributed by atoms with van der Waals surface area (Å²) in [5.41, 5.74) is 0.867. The Kier molecular flexibility index (Phi) is 2.05. The third-order valence-electron chi connectivity index (χ3n) is 1.99. The van der Waals surface area contributed by atoms with Crippen LogP contribution in [0.1, 0.15) is 11.7 Å². The molecule has 3 N–H and O–H groups in total. The predicted octanol–water partition coefficient (Wildman–Crippen LogP) is 0.239. The Morgan fingerprint density at radius 2 is 2.20 bits per heavy atom. The second-order valence-electron chi connectivity index (χ2n) is 3.01. The van der Waals surface area contributed by atoms with Crippen LogP contribution in [0.2, 0.25) is 0 Å². The van der Waals surface area contributed by atoms with Crippen LogP contribution in [0, 0.1) is 0 Å². The number of hydrogen-bond donors (Lipinski definition) is 3. The standard InChI is InChI=1S/C9H7NO5/c11-7(8(12)13)4-1-2-6-5(3-4)10-9(14)15-6/h1-3,7,11H,(H,10,14)(H,12,13). The summed E-state index contributed by atoms with van der Waals surface area (Å²) in [5.74, 6) is -1.97. The number of carboxylic acid groups (broad SMARTS) is 1. The summed E-state index contributed by atoms with van der Waals surface area (Å²) in [5, 5.41) is 17.8. The Morgan fingerprint density at radius 1 is 1.47 bits per heavy atom. The average molecular weight is 209 g/mol. The van der Waals surface area contributed by atoms with Crippen LogP contribution in [0.5, 0.6) is 0 Å². The van der Waals surface area contributed by atoms with Gasteiger partial charge in [-0.1, -0.05) is 6.07 Å². The quantitative estimate of drug-likeness (QED) is 0.657. The minimum Gasteiger partial charge on any atom is -0.479 e. The van der Waals surface area contributed by atoms with Gasteiger partial charge in [0.05, 0.1) is 5.52 Å². The number of rotatable bonds is 2. The fourth-order valence-corrected chi connectivity index (χ4v) is 1.28. The zero-order valence-electron chi connectivity index (χ0n) is 7.43. The van der Waals surface area contributed by atoms with E-state index in [4.69, 9.17) is 9.52 Å². The number of aliphatic hydroxyl groups excluding tert-OH is 1. The lowest BCUT2D eigenvalue weighted by molar-refractivity contribution is -0.146. The molecule has 0 aliphatic heterocycles. The van der Waals surface area contributed by atoms with Gasteiger partial charge in [0.25, 0.3) is 0 Å². The molecule has 0 spiro atoms. The van der Waals surface area contributed by atoms with Crippen LogP contribution in [0.15, 0.2) is 27.4 Å². The molecule has 1 unspecified atom stereocenters. The van der Waals surface area contributed by atoms with Gasteiger partial charge in [0.1, 0.15) is 0 Å². The number of carbonyl (C=O) groups is 1. The number of aromatic amines is 1. The molecule has 0 radical (unpaired) electrons. The number of fused-ring (bicyclic) bond motifs is 1. The van der Waals surface area contributed by atoms with Gasteiger partial charge in [-0.2, -0.15) is 0 Å². The molecule has 1 aromatic carbocycles. The van der Waals surface area contributed by atoms with Crippen LogP contribution in [-0.2, 0) is 4.79 Å². The third kappa shape index (κ3) is 1.62. The number of carboxylic acids is 1. The Morgan fingerprint density at radius 3 is 2.87 bits per heavy atom. The Bertz CT molecular complexity index is 567. The van der Waals surface area contributed by atoms with Gasteiger partial charge in [0.15, 0.2) is 11.7 Å². The molecular formula is C9H7NO5. The van der Waals surface area contributed by atoms with Crippen LogP contribution in [0.25, 0.3) is 11.1 Å². The summed E-state index contributed by atoms with van der Waals surface area (Å²) in [7, 11) is 0. The molecule has 78 valence electrons.